The molecule has 216 valence electrons. The highest BCUT2D eigenvalue weighted by Crippen LogP contribution is 2.46. The summed E-state index contributed by atoms with van der Waals surface area (Å²) >= 11 is 1.22. The Kier molecular flexibility index (Phi) is 8.88. The Morgan fingerprint density at radius 3 is 2.29 bits per heavy atom. The van der Waals surface area contributed by atoms with E-state index in [0.717, 1.165) is 21.6 Å². The largest absolute Gasteiger partial charge is 0.511 e. The fourth-order valence-electron chi connectivity index (χ4n) is 5.00. The third-order valence-electron chi connectivity index (χ3n) is 7.67. The summed E-state index contributed by atoms with van der Waals surface area (Å²) < 4.78 is 6.13. The first-order chi connectivity index (χ1) is 19.3. The maximum Gasteiger partial charge on any atom is 0.349 e. The molecule has 41 heavy (non-hydrogen) atoms. The number of hydrogen-bond donors (Lipinski definition) is 3. The van der Waals surface area contributed by atoms with E-state index in [2.05, 4.69) is 26.1 Å². The summed E-state index contributed by atoms with van der Waals surface area (Å²) in [5.41, 5.74) is 2.94. The molecule has 6 nitrogen and oxygen atoms in total. The molecule has 0 spiro atoms. The predicted octanol–water partition coefficient (Wildman–Crippen LogP) is 8.09. The second-order valence-electron chi connectivity index (χ2n) is 12.1. The molecule has 0 saturated carbocycles. The first-order valence-electron chi connectivity index (χ1n) is 13.9. The van der Waals surface area contributed by atoms with Crippen molar-refractivity contribution < 1.29 is 24.5 Å². The van der Waals surface area contributed by atoms with Crippen molar-refractivity contribution in [3.8, 4) is 5.75 Å². The molecule has 1 amide bonds. The van der Waals surface area contributed by atoms with Gasteiger partial charge in [-0.1, -0.05) is 76.7 Å². The lowest BCUT2D eigenvalue weighted by Gasteiger charge is -2.40. The number of aliphatic hydroxyl groups is 1. The zero-order chi connectivity index (χ0) is 29.9. The van der Waals surface area contributed by atoms with E-state index < -0.39 is 11.6 Å². The average Bonchev–Trinajstić information content (AvgIpc) is 2.91. The van der Waals surface area contributed by atoms with Crippen LogP contribution in [0.1, 0.15) is 74.5 Å². The van der Waals surface area contributed by atoms with Crippen molar-refractivity contribution in [3.63, 3.8) is 0 Å². The van der Waals surface area contributed by atoms with Gasteiger partial charge in [-0.3, -0.25) is 4.79 Å². The van der Waals surface area contributed by atoms with E-state index in [-0.39, 0.29) is 40.1 Å². The molecule has 3 aromatic rings. The van der Waals surface area contributed by atoms with Gasteiger partial charge in [0.2, 0.25) is 0 Å². The number of rotatable bonds is 8. The van der Waals surface area contributed by atoms with E-state index in [1.165, 1.54) is 11.8 Å². The number of thioether (sulfide) groups is 1. The maximum atomic E-state index is 13.4. The van der Waals surface area contributed by atoms with Gasteiger partial charge in [0.05, 0.1) is 0 Å². The first-order valence-corrected chi connectivity index (χ1v) is 14.7. The Hall–Kier alpha value is -3.71. The number of carbonyl (C=O) groups excluding carboxylic acids is 2. The van der Waals surface area contributed by atoms with Crippen molar-refractivity contribution >= 4 is 29.3 Å². The van der Waals surface area contributed by atoms with Gasteiger partial charge >= 0.3 is 5.97 Å². The molecular formula is C34H39NO5S. The summed E-state index contributed by atoms with van der Waals surface area (Å²) in [6.45, 7) is 12.1. The van der Waals surface area contributed by atoms with Crippen LogP contribution in [0.2, 0.25) is 0 Å². The summed E-state index contributed by atoms with van der Waals surface area (Å²) in [5.74, 6) is -0.503. The number of aromatic hydroxyl groups is 1. The van der Waals surface area contributed by atoms with Gasteiger partial charge in [-0.05, 0) is 84.2 Å². The maximum absolute atomic E-state index is 13.4. The number of phenolic OH excluding ortho intramolecular Hbond substituents is 1. The molecule has 1 atom stereocenters. The molecule has 0 radical (unpaired) electrons. The molecule has 0 unspecified atom stereocenters. The summed E-state index contributed by atoms with van der Waals surface area (Å²) in [6, 6.07) is 20.0. The Labute approximate surface area is 246 Å². The molecule has 0 aliphatic carbocycles. The smallest absolute Gasteiger partial charge is 0.349 e. The zero-order valence-corrected chi connectivity index (χ0v) is 25.4. The van der Waals surface area contributed by atoms with Crippen LogP contribution in [0.15, 0.2) is 82.3 Å². The third kappa shape index (κ3) is 6.96. The van der Waals surface area contributed by atoms with Gasteiger partial charge in [0.15, 0.2) is 0 Å². The number of benzene rings is 3. The van der Waals surface area contributed by atoms with Gasteiger partial charge in [0.1, 0.15) is 22.0 Å². The fourth-order valence-corrected chi connectivity index (χ4v) is 6.24. The lowest BCUT2D eigenvalue weighted by atomic mass is 9.80. The van der Waals surface area contributed by atoms with Crippen molar-refractivity contribution in [1.29, 1.82) is 0 Å². The molecule has 1 aliphatic heterocycles. The van der Waals surface area contributed by atoms with E-state index in [0.29, 0.717) is 24.1 Å². The van der Waals surface area contributed by atoms with Crippen LogP contribution in [0.5, 0.6) is 5.75 Å². The van der Waals surface area contributed by atoms with E-state index >= 15 is 0 Å². The third-order valence-corrected chi connectivity index (χ3v) is 8.83. The molecule has 0 fully saturated rings. The van der Waals surface area contributed by atoms with E-state index in [1.54, 1.807) is 24.3 Å². The van der Waals surface area contributed by atoms with Gasteiger partial charge in [-0.15, -0.1) is 0 Å². The lowest BCUT2D eigenvalue weighted by molar-refractivity contribution is -0.164. The molecule has 0 bridgehead atoms. The molecule has 3 aromatic carbocycles. The van der Waals surface area contributed by atoms with Crippen molar-refractivity contribution in [2.75, 3.05) is 5.32 Å². The molecule has 7 heteroatoms. The lowest BCUT2D eigenvalue weighted by Crippen LogP contribution is -2.44. The monoisotopic (exact) mass is 573 g/mol. The number of carbonyl (C=O) groups is 2. The number of aliphatic hydroxyl groups excluding tert-OH is 1. The van der Waals surface area contributed by atoms with Crippen LogP contribution in [0.25, 0.3) is 0 Å². The molecule has 3 N–H and O–H groups in total. The summed E-state index contributed by atoms with van der Waals surface area (Å²) in [4.78, 5) is 27.3. The quantitative estimate of drug-likeness (QED) is 0.236. The highest BCUT2D eigenvalue weighted by atomic mass is 32.2. The van der Waals surface area contributed by atoms with E-state index in [1.807, 2.05) is 63.2 Å². The van der Waals surface area contributed by atoms with Crippen molar-refractivity contribution in [1.82, 2.24) is 0 Å². The van der Waals surface area contributed by atoms with Crippen LogP contribution in [0, 0.1) is 12.8 Å². The fraction of sp³-hybridized carbons (Fsp3) is 0.353. The number of hydrogen-bond acceptors (Lipinski definition) is 6. The van der Waals surface area contributed by atoms with Crippen LogP contribution < -0.4 is 5.32 Å². The number of ether oxygens (including phenoxy) is 1. The van der Waals surface area contributed by atoms with Gasteiger partial charge in [0.25, 0.3) is 5.91 Å². The normalized spacial score (nSPS) is 17.5. The number of aryl methyl sites for hydroxylation is 2. The van der Waals surface area contributed by atoms with Crippen LogP contribution in [0.3, 0.4) is 0 Å². The summed E-state index contributed by atoms with van der Waals surface area (Å²) in [7, 11) is 0. The number of cyclic esters (lactones) is 1. The second kappa shape index (κ2) is 12.0. The molecule has 1 aliphatic rings. The first kappa shape index (κ1) is 30.3. The minimum Gasteiger partial charge on any atom is -0.511 e. The average molecular weight is 574 g/mol. The number of anilines is 1. The second-order valence-corrected chi connectivity index (χ2v) is 13.1. The van der Waals surface area contributed by atoms with E-state index in [4.69, 9.17) is 4.74 Å². The number of esters is 1. The number of phenols is 1. The van der Waals surface area contributed by atoms with Gasteiger partial charge < -0.3 is 20.3 Å². The van der Waals surface area contributed by atoms with Gasteiger partial charge in [-0.2, -0.15) is 0 Å². The van der Waals surface area contributed by atoms with Crippen LogP contribution in [-0.2, 0) is 21.4 Å². The topological polar surface area (TPSA) is 95.9 Å². The highest BCUT2D eigenvalue weighted by Gasteiger charge is 2.44. The molecule has 1 heterocycles. The van der Waals surface area contributed by atoms with Crippen molar-refractivity contribution in [3.05, 3.63) is 99.6 Å². The number of amides is 1. The Morgan fingerprint density at radius 2 is 1.71 bits per heavy atom. The standard InChI is InChI=1S/C34H39NO5S/c1-21(2)34(17-16-23-12-14-25(36)15-13-23)20-28(37)30(32(39)40-34)41-29-18-22(3)27(19-26(29)33(4,5)6)35-31(38)24-10-8-7-9-11-24/h7-15,18-19,21,36-37H,16-17,20H2,1-6H3,(H,35,38)/t34-/m1/s1. The highest BCUT2D eigenvalue weighted by molar-refractivity contribution is 8.04. The van der Waals surface area contributed by atoms with Gasteiger partial charge in [0, 0.05) is 22.6 Å². The minimum atomic E-state index is -0.836. The van der Waals surface area contributed by atoms with Gasteiger partial charge in [-0.25, -0.2) is 4.79 Å². The summed E-state index contributed by atoms with van der Waals surface area (Å²) in [6.07, 6.45) is 1.42. The zero-order valence-electron chi connectivity index (χ0n) is 24.6. The SMILES string of the molecule is Cc1cc(SC2=C(O)C[C@](CCc3ccc(O)cc3)(C(C)C)OC2=O)c(C(C)(C)C)cc1NC(=O)c1ccccc1. The van der Waals surface area contributed by atoms with E-state index in [9.17, 15) is 19.8 Å². The molecule has 4 rings (SSSR count). The minimum absolute atomic E-state index is 0.0165. The Morgan fingerprint density at radius 1 is 1.05 bits per heavy atom. The van der Waals surface area contributed by atoms with Crippen molar-refractivity contribution in [2.45, 2.75) is 76.7 Å². The van der Waals surface area contributed by atoms with Crippen molar-refractivity contribution in [2.24, 2.45) is 5.92 Å². The summed E-state index contributed by atoms with van der Waals surface area (Å²) in [5, 5.41) is 23.9. The number of nitrogens with one attached hydrogen (secondary N) is 1. The Bertz CT molecular complexity index is 1450. The molecular weight excluding hydrogens is 534 g/mol. The van der Waals surface area contributed by atoms with Crippen LogP contribution >= 0.6 is 11.8 Å². The molecule has 0 aromatic heterocycles. The van der Waals surface area contributed by atoms with Crippen LogP contribution in [-0.4, -0.2) is 27.7 Å². The predicted molar refractivity (Wildman–Crippen MR) is 164 cm³/mol. The van der Waals surface area contributed by atoms with Crippen LogP contribution in [0.4, 0.5) is 5.69 Å². The Balaban J connectivity index is 1.61. The molecule has 0 saturated heterocycles.